The lowest BCUT2D eigenvalue weighted by molar-refractivity contribution is -0.857. The van der Waals surface area contributed by atoms with Gasteiger partial charge in [-0.2, -0.15) is 0 Å². The second-order valence-electron chi connectivity index (χ2n) is 7.31. The van der Waals surface area contributed by atoms with E-state index in [1.807, 2.05) is 14.1 Å². The Morgan fingerprint density at radius 2 is 1.87 bits per heavy atom. The van der Waals surface area contributed by atoms with Crippen LogP contribution in [0.15, 0.2) is 54.1 Å². The SMILES string of the molecule is C[NH+](C)CCN1C(=O)C(=O)C(=C(O)c2ccc(F)cc2)[C@H]1c1cccc([N+](=O)[O-])c1. The van der Waals surface area contributed by atoms with Gasteiger partial charge in [0.1, 0.15) is 11.6 Å². The molecule has 0 spiro atoms. The predicted molar refractivity (Wildman–Crippen MR) is 106 cm³/mol. The number of Topliss-reactive ketones (excluding diaryl/α,β-unsaturated/α-hetero) is 1. The van der Waals surface area contributed by atoms with Crippen LogP contribution in [0.3, 0.4) is 0 Å². The first kappa shape index (κ1) is 21.1. The number of likely N-dealkylation sites (N-methyl/N-ethyl adjacent to an activating group) is 1. The number of hydrogen-bond acceptors (Lipinski definition) is 5. The van der Waals surface area contributed by atoms with Gasteiger partial charge >= 0.3 is 0 Å². The molecule has 0 saturated carbocycles. The first-order valence-corrected chi connectivity index (χ1v) is 9.28. The fourth-order valence-corrected chi connectivity index (χ4v) is 3.37. The summed E-state index contributed by atoms with van der Waals surface area (Å²) in [5, 5.41) is 22.0. The first-order valence-electron chi connectivity index (χ1n) is 9.28. The molecule has 30 heavy (non-hydrogen) atoms. The summed E-state index contributed by atoms with van der Waals surface area (Å²) in [4.78, 5) is 38.6. The molecule has 1 aliphatic heterocycles. The standard InChI is InChI=1S/C21H20FN3O5/c1-23(2)10-11-24-18(14-4-3-5-16(12-14)25(29)30)17(20(27)21(24)28)19(26)13-6-8-15(22)9-7-13/h3-9,12,18,26H,10-11H2,1-2H3/p+1/t18-/m1/s1. The van der Waals surface area contributed by atoms with Crippen LogP contribution in [-0.2, 0) is 9.59 Å². The third-order valence-corrected chi connectivity index (χ3v) is 4.91. The summed E-state index contributed by atoms with van der Waals surface area (Å²) >= 11 is 0. The summed E-state index contributed by atoms with van der Waals surface area (Å²) in [6.07, 6.45) is 0. The highest BCUT2D eigenvalue weighted by molar-refractivity contribution is 6.46. The minimum atomic E-state index is -0.991. The van der Waals surface area contributed by atoms with E-state index in [0.29, 0.717) is 12.1 Å². The molecule has 2 aromatic carbocycles. The van der Waals surface area contributed by atoms with Gasteiger partial charge in [0.2, 0.25) is 0 Å². The lowest BCUT2D eigenvalue weighted by Gasteiger charge is -2.25. The number of nitrogens with zero attached hydrogens (tertiary/aromatic N) is 2. The van der Waals surface area contributed by atoms with E-state index in [1.54, 1.807) is 6.07 Å². The Hall–Kier alpha value is -3.59. The molecule has 3 rings (SSSR count). The number of quaternary nitrogens is 1. The number of hydrogen-bond donors (Lipinski definition) is 2. The second-order valence-corrected chi connectivity index (χ2v) is 7.31. The van der Waals surface area contributed by atoms with Crippen LogP contribution in [-0.4, -0.2) is 53.8 Å². The summed E-state index contributed by atoms with van der Waals surface area (Å²) in [5.41, 5.74) is 0.128. The van der Waals surface area contributed by atoms with Crippen molar-refractivity contribution >= 4 is 23.1 Å². The molecular weight excluding hydrogens is 393 g/mol. The van der Waals surface area contributed by atoms with Crippen LogP contribution in [0.2, 0.25) is 0 Å². The van der Waals surface area contributed by atoms with E-state index in [2.05, 4.69) is 0 Å². The molecule has 1 aliphatic rings. The fraction of sp³-hybridized carbons (Fsp3) is 0.238. The van der Waals surface area contributed by atoms with Gasteiger partial charge in [-0.05, 0) is 29.8 Å². The summed E-state index contributed by atoms with van der Waals surface area (Å²) in [6, 6.07) is 9.48. The van der Waals surface area contributed by atoms with Crippen LogP contribution in [0.5, 0.6) is 0 Å². The van der Waals surface area contributed by atoms with E-state index in [1.165, 1.54) is 35.2 Å². The first-order chi connectivity index (χ1) is 14.2. The zero-order valence-electron chi connectivity index (χ0n) is 16.5. The van der Waals surface area contributed by atoms with Crippen molar-refractivity contribution in [3.8, 4) is 0 Å². The maximum absolute atomic E-state index is 13.3. The van der Waals surface area contributed by atoms with Crippen molar-refractivity contribution in [1.29, 1.82) is 0 Å². The third-order valence-electron chi connectivity index (χ3n) is 4.91. The van der Waals surface area contributed by atoms with Crippen LogP contribution < -0.4 is 4.90 Å². The molecule has 1 heterocycles. The van der Waals surface area contributed by atoms with Crippen LogP contribution in [0, 0.1) is 15.9 Å². The number of nitrogens with one attached hydrogen (secondary N) is 1. The number of halogens is 1. The van der Waals surface area contributed by atoms with Crippen molar-refractivity contribution in [2.75, 3.05) is 27.2 Å². The molecule has 1 atom stereocenters. The molecule has 0 unspecified atom stereocenters. The molecule has 2 N–H and O–H groups in total. The number of ketones is 1. The minimum Gasteiger partial charge on any atom is -0.507 e. The zero-order valence-corrected chi connectivity index (χ0v) is 16.5. The maximum atomic E-state index is 13.3. The van der Waals surface area contributed by atoms with Gasteiger partial charge in [-0.1, -0.05) is 12.1 Å². The molecule has 9 heteroatoms. The van der Waals surface area contributed by atoms with Crippen molar-refractivity contribution in [3.05, 3.63) is 81.2 Å². The van der Waals surface area contributed by atoms with Crippen LogP contribution >= 0.6 is 0 Å². The van der Waals surface area contributed by atoms with E-state index >= 15 is 0 Å². The van der Waals surface area contributed by atoms with Crippen molar-refractivity contribution in [2.45, 2.75) is 6.04 Å². The quantitative estimate of drug-likeness (QED) is 0.244. The Kier molecular flexibility index (Phi) is 5.93. The Labute approximate surface area is 172 Å². The van der Waals surface area contributed by atoms with E-state index in [9.17, 15) is 29.2 Å². The molecule has 0 aliphatic carbocycles. The Bertz CT molecular complexity index is 1030. The average Bonchev–Trinajstić information content (AvgIpc) is 2.97. The van der Waals surface area contributed by atoms with Gasteiger partial charge in [-0.15, -0.1) is 0 Å². The number of non-ortho nitro benzene ring substituents is 1. The van der Waals surface area contributed by atoms with E-state index in [4.69, 9.17) is 0 Å². The monoisotopic (exact) mass is 414 g/mol. The highest BCUT2D eigenvalue weighted by atomic mass is 19.1. The van der Waals surface area contributed by atoms with Crippen molar-refractivity contribution in [1.82, 2.24) is 4.90 Å². The number of nitro benzene ring substituents is 1. The third kappa shape index (κ3) is 4.06. The van der Waals surface area contributed by atoms with Crippen LogP contribution in [0.4, 0.5) is 10.1 Å². The second kappa shape index (κ2) is 8.42. The number of aliphatic hydroxyl groups excluding tert-OH is 1. The van der Waals surface area contributed by atoms with Gasteiger partial charge in [-0.3, -0.25) is 19.7 Å². The smallest absolute Gasteiger partial charge is 0.295 e. The largest absolute Gasteiger partial charge is 0.507 e. The Morgan fingerprint density at radius 1 is 1.20 bits per heavy atom. The molecular formula is C21H21FN3O5+. The summed E-state index contributed by atoms with van der Waals surface area (Å²) in [5.74, 6) is -2.65. The summed E-state index contributed by atoms with van der Waals surface area (Å²) in [7, 11) is 3.77. The lowest BCUT2D eigenvalue weighted by atomic mass is 9.95. The molecule has 1 saturated heterocycles. The average molecular weight is 414 g/mol. The lowest BCUT2D eigenvalue weighted by Crippen LogP contribution is -3.06. The molecule has 0 bridgehead atoms. The molecule has 0 radical (unpaired) electrons. The molecule has 8 nitrogen and oxygen atoms in total. The Balaban J connectivity index is 2.17. The molecule has 2 aromatic rings. The number of carbonyl (C=O) groups is 2. The number of rotatable bonds is 6. The van der Waals surface area contributed by atoms with Gasteiger partial charge in [0.25, 0.3) is 17.4 Å². The van der Waals surface area contributed by atoms with E-state index < -0.39 is 34.2 Å². The molecule has 156 valence electrons. The minimum absolute atomic E-state index is 0.170. The van der Waals surface area contributed by atoms with Gasteiger partial charge in [-0.25, -0.2) is 4.39 Å². The van der Waals surface area contributed by atoms with Gasteiger partial charge in [0.15, 0.2) is 0 Å². The van der Waals surface area contributed by atoms with Crippen molar-refractivity contribution in [2.24, 2.45) is 0 Å². The molecule has 1 amide bonds. The van der Waals surface area contributed by atoms with Crippen LogP contribution in [0.1, 0.15) is 17.2 Å². The number of carbonyl (C=O) groups excluding carboxylic acids is 2. The van der Waals surface area contributed by atoms with Crippen molar-refractivity contribution in [3.63, 3.8) is 0 Å². The van der Waals surface area contributed by atoms with Crippen LogP contribution in [0.25, 0.3) is 5.76 Å². The highest BCUT2D eigenvalue weighted by Gasteiger charge is 2.46. The number of nitro groups is 1. The van der Waals surface area contributed by atoms with E-state index in [-0.39, 0.29) is 23.4 Å². The van der Waals surface area contributed by atoms with Gasteiger partial charge in [0.05, 0.1) is 43.7 Å². The maximum Gasteiger partial charge on any atom is 0.295 e. The highest BCUT2D eigenvalue weighted by Crippen LogP contribution is 2.39. The molecule has 1 fully saturated rings. The normalized spacial score (nSPS) is 18.3. The number of benzene rings is 2. The topological polar surface area (TPSA) is 105 Å². The summed E-state index contributed by atoms with van der Waals surface area (Å²) < 4.78 is 13.3. The van der Waals surface area contributed by atoms with Gasteiger partial charge in [0, 0.05) is 17.7 Å². The number of amides is 1. The van der Waals surface area contributed by atoms with Crippen molar-refractivity contribution < 1.29 is 28.9 Å². The predicted octanol–water partition coefficient (Wildman–Crippen LogP) is 1.30. The number of aliphatic hydroxyl groups is 1. The Morgan fingerprint density at radius 3 is 2.47 bits per heavy atom. The fourth-order valence-electron chi connectivity index (χ4n) is 3.37. The van der Waals surface area contributed by atoms with E-state index in [0.717, 1.165) is 17.0 Å². The zero-order chi connectivity index (χ0) is 22.0. The molecule has 0 aromatic heterocycles. The summed E-state index contributed by atoms with van der Waals surface area (Å²) in [6.45, 7) is 0.732. The van der Waals surface area contributed by atoms with Gasteiger partial charge < -0.3 is 14.9 Å². The number of likely N-dealkylation sites (tertiary alicyclic amines) is 1.